The Labute approximate surface area is 187 Å². The van der Waals surface area contributed by atoms with Gasteiger partial charge in [-0.2, -0.15) is 5.10 Å². The summed E-state index contributed by atoms with van der Waals surface area (Å²) in [6, 6.07) is 26.8. The number of hydrogen-bond acceptors (Lipinski definition) is 2. The van der Waals surface area contributed by atoms with Crippen molar-refractivity contribution in [3.8, 4) is 16.9 Å². The number of anilines is 1. The Morgan fingerprint density at radius 1 is 0.903 bits per heavy atom. The Hall–Kier alpha value is -3.37. The molecule has 4 aromatic rings. The van der Waals surface area contributed by atoms with Crippen LogP contribution < -0.4 is 5.32 Å². The maximum absolute atomic E-state index is 13.0. The van der Waals surface area contributed by atoms with E-state index in [0.29, 0.717) is 22.1 Å². The highest BCUT2D eigenvalue weighted by atomic mass is 35.5. The fourth-order valence-corrected chi connectivity index (χ4v) is 3.55. The lowest BCUT2D eigenvalue weighted by atomic mass is 9.87. The monoisotopic (exact) mass is 429 g/mol. The molecule has 5 heteroatoms. The molecule has 4 nitrogen and oxygen atoms in total. The number of aromatic nitrogens is 2. The lowest BCUT2D eigenvalue weighted by Gasteiger charge is -2.19. The first kappa shape index (κ1) is 20.9. The molecule has 0 saturated heterocycles. The van der Waals surface area contributed by atoms with Crippen LogP contribution in [0.3, 0.4) is 0 Å². The molecular formula is C26H24ClN3O. The van der Waals surface area contributed by atoms with Gasteiger partial charge in [0.25, 0.3) is 5.91 Å². The largest absolute Gasteiger partial charge is 0.306 e. The van der Waals surface area contributed by atoms with Crippen LogP contribution in [0.4, 0.5) is 5.82 Å². The van der Waals surface area contributed by atoms with Crippen LogP contribution in [0, 0.1) is 0 Å². The molecule has 156 valence electrons. The zero-order valence-corrected chi connectivity index (χ0v) is 18.5. The summed E-state index contributed by atoms with van der Waals surface area (Å²) in [5, 5.41) is 8.28. The number of hydrogen-bond donors (Lipinski definition) is 1. The van der Waals surface area contributed by atoms with Crippen molar-refractivity contribution < 1.29 is 4.79 Å². The number of para-hydroxylation sites is 1. The normalized spacial score (nSPS) is 11.4. The minimum Gasteiger partial charge on any atom is -0.306 e. The number of nitrogens with one attached hydrogen (secondary N) is 1. The third-order valence-corrected chi connectivity index (χ3v) is 5.43. The molecule has 0 aliphatic heterocycles. The fourth-order valence-electron chi connectivity index (χ4n) is 3.34. The quantitative estimate of drug-likeness (QED) is 0.390. The van der Waals surface area contributed by atoms with Crippen molar-refractivity contribution in [3.05, 3.63) is 101 Å². The highest BCUT2D eigenvalue weighted by Crippen LogP contribution is 2.29. The predicted molar refractivity (Wildman–Crippen MR) is 127 cm³/mol. The average Bonchev–Trinajstić information content (AvgIpc) is 3.17. The Balaban J connectivity index is 1.71. The summed E-state index contributed by atoms with van der Waals surface area (Å²) in [5.41, 5.74) is 4.20. The Kier molecular flexibility index (Phi) is 5.66. The van der Waals surface area contributed by atoms with E-state index in [0.717, 1.165) is 11.3 Å². The standard InChI is InChI=1S/C26H24ClN3O/c1-26(2,3)20-15-13-19(14-16-20)25(31)28-24-17-22(18-9-5-4-6-10-18)29-30(24)23-12-8-7-11-21(23)27/h4-17H,1-3H3,(H,28,31). The summed E-state index contributed by atoms with van der Waals surface area (Å²) in [6.45, 7) is 6.44. The second-order valence-corrected chi connectivity index (χ2v) is 8.83. The zero-order chi connectivity index (χ0) is 22.0. The van der Waals surface area contributed by atoms with E-state index in [9.17, 15) is 4.79 Å². The first-order valence-corrected chi connectivity index (χ1v) is 10.5. The SMILES string of the molecule is CC(C)(C)c1ccc(C(=O)Nc2cc(-c3ccccc3)nn2-c2ccccc2Cl)cc1. The second-order valence-electron chi connectivity index (χ2n) is 8.43. The minimum absolute atomic E-state index is 0.0300. The van der Waals surface area contributed by atoms with Gasteiger partial charge < -0.3 is 5.32 Å². The number of rotatable bonds is 4. The molecule has 0 aliphatic carbocycles. The molecule has 0 saturated carbocycles. The smallest absolute Gasteiger partial charge is 0.256 e. The Morgan fingerprint density at radius 2 is 1.55 bits per heavy atom. The van der Waals surface area contributed by atoms with Gasteiger partial charge in [0.05, 0.1) is 16.4 Å². The van der Waals surface area contributed by atoms with E-state index in [1.165, 1.54) is 5.56 Å². The molecule has 31 heavy (non-hydrogen) atoms. The van der Waals surface area contributed by atoms with Gasteiger partial charge in [0, 0.05) is 17.2 Å². The third kappa shape index (κ3) is 4.54. The molecule has 1 aromatic heterocycles. The summed E-state index contributed by atoms with van der Waals surface area (Å²) in [7, 11) is 0. The average molecular weight is 430 g/mol. The van der Waals surface area contributed by atoms with Crippen molar-refractivity contribution >= 4 is 23.3 Å². The van der Waals surface area contributed by atoms with E-state index in [2.05, 4.69) is 26.1 Å². The lowest BCUT2D eigenvalue weighted by molar-refractivity contribution is 0.102. The van der Waals surface area contributed by atoms with Crippen molar-refractivity contribution in [2.24, 2.45) is 0 Å². The van der Waals surface area contributed by atoms with E-state index >= 15 is 0 Å². The van der Waals surface area contributed by atoms with Crippen LogP contribution in [-0.4, -0.2) is 15.7 Å². The first-order chi connectivity index (χ1) is 14.8. The highest BCUT2D eigenvalue weighted by molar-refractivity contribution is 6.32. The summed E-state index contributed by atoms with van der Waals surface area (Å²) in [4.78, 5) is 13.0. The molecule has 0 aliphatic rings. The van der Waals surface area contributed by atoms with E-state index in [-0.39, 0.29) is 11.3 Å². The van der Waals surface area contributed by atoms with Gasteiger partial charge in [-0.25, -0.2) is 4.68 Å². The second kappa shape index (κ2) is 8.40. The number of carbonyl (C=O) groups excluding carboxylic acids is 1. The van der Waals surface area contributed by atoms with Gasteiger partial charge >= 0.3 is 0 Å². The van der Waals surface area contributed by atoms with Crippen molar-refractivity contribution in [2.75, 3.05) is 5.32 Å². The molecular weight excluding hydrogens is 406 g/mol. The molecule has 3 aromatic carbocycles. The topological polar surface area (TPSA) is 46.9 Å². The van der Waals surface area contributed by atoms with Gasteiger partial charge in [-0.1, -0.05) is 87.0 Å². The van der Waals surface area contributed by atoms with Crippen molar-refractivity contribution in [3.63, 3.8) is 0 Å². The maximum atomic E-state index is 13.0. The highest BCUT2D eigenvalue weighted by Gasteiger charge is 2.18. The van der Waals surface area contributed by atoms with Crippen LogP contribution in [0.15, 0.2) is 84.9 Å². The maximum Gasteiger partial charge on any atom is 0.256 e. The van der Waals surface area contributed by atoms with E-state index < -0.39 is 0 Å². The molecule has 4 rings (SSSR count). The number of nitrogens with zero attached hydrogens (tertiary/aromatic N) is 2. The Morgan fingerprint density at radius 3 is 2.19 bits per heavy atom. The van der Waals surface area contributed by atoms with Crippen LogP contribution in [0.25, 0.3) is 16.9 Å². The summed E-state index contributed by atoms with van der Waals surface area (Å²) < 4.78 is 1.67. The van der Waals surface area contributed by atoms with E-state index in [4.69, 9.17) is 16.7 Å². The molecule has 1 amide bonds. The third-order valence-electron chi connectivity index (χ3n) is 5.11. The molecule has 0 atom stereocenters. The van der Waals surface area contributed by atoms with E-state index in [1.807, 2.05) is 78.9 Å². The van der Waals surface area contributed by atoms with Gasteiger partial charge in [-0.05, 0) is 35.2 Å². The van der Waals surface area contributed by atoms with Gasteiger partial charge in [0.15, 0.2) is 0 Å². The van der Waals surface area contributed by atoms with Gasteiger partial charge in [0.2, 0.25) is 0 Å². The van der Waals surface area contributed by atoms with Crippen molar-refractivity contribution in [2.45, 2.75) is 26.2 Å². The van der Waals surface area contributed by atoms with Crippen molar-refractivity contribution in [1.82, 2.24) is 9.78 Å². The molecule has 1 N–H and O–H groups in total. The molecule has 0 bridgehead atoms. The fraction of sp³-hybridized carbons (Fsp3) is 0.154. The van der Waals surface area contributed by atoms with Gasteiger partial charge in [-0.15, -0.1) is 0 Å². The van der Waals surface area contributed by atoms with Gasteiger partial charge in [0.1, 0.15) is 5.82 Å². The minimum atomic E-state index is -0.201. The van der Waals surface area contributed by atoms with E-state index in [1.54, 1.807) is 10.7 Å². The van der Waals surface area contributed by atoms with Crippen LogP contribution >= 0.6 is 11.6 Å². The predicted octanol–water partition coefficient (Wildman–Crippen LogP) is 6.74. The Bertz CT molecular complexity index is 1210. The van der Waals surface area contributed by atoms with Crippen LogP contribution in [0.1, 0.15) is 36.7 Å². The molecule has 0 unspecified atom stereocenters. The summed E-state index contributed by atoms with van der Waals surface area (Å²) in [5.74, 6) is 0.352. The molecule has 1 heterocycles. The number of amides is 1. The summed E-state index contributed by atoms with van der Waals surface area (Å²) in [6.07, 6.45) is 0. The van der Waals surface area contributed by atoms with Crippen LogP contribution in [-0.2, 0) is 5.41 Å². The summed E-state index contributed by atoms with van der Waals surface area (Å²) >= 11 is 6.43. The van der Waals surface area contributed by atoms with Crippen molar-refractivity contribution in [1.29, 1.82) is 0 Å². The van der Waals surface area contributed by atoms with Crippen LogP contribution in [0.2, 0.25) is 5.02 Å². The van der Waals surface area contributed by atoms with Gasteiger partial charge in [-0.3, -0.25) is 4.79 Å². The molecule has 0 fully saturated rings. The lowest BCUT2D eigenvalue weighted by Crippen LogP contribution is -2.16. The first-order valence-electron chi connectivity index (χ1n) is 10.2. The molecule has 0 radical (unpaired) electrons. The zero-order valence-electron chi connectivity index (χ0n) is 17.8. The molecule has 0 spiro atoms. The number of benzene rings is 3. The number of halogens is 1. The van der Waals surface area contributed by atoms with Crippen LogP contribution in [0.5, 0.6) is 0 Å². The number of carbonyl (C=O) groups is 1.